The van der Waals surface area contributed by atoms with E-state index < -0.39 is 18.2 Å². The lowest BCUT2D eigenvalue weighted by atomic mass is 9.83. The molecule has 6 heteroatoms. The highest BCUT2D eigenvalue weighted by molar-refractivity contribution is 6.08. The van der Waals surface area contributed by atoms with E-state index in [9.17, 15) is 14.3 Å². The number of allylic oxidation sites excluding steroid dienone is 7. The fourth-order valence-electron chi connectivity index (χ4n) is 4.57. The second-order valence-electron chi connectivity index (χ2n) is 10.7. The van der Waals surface area contributed by atoms with Crippen molar-refractivity contribution in [3.05, 3.63) is 88.3 Å². The number of hydrogen-bond donors (Lipinski definition) is 2. The summed E-state index contributed by atoms with van der Waals surface area (Å²) >= 11 is 0. The maximum atomic E-state index is 13.4. The Morgan fingerprint density at radius 1 is 1.24 bits per heavy atom. The van der Waals surface area contributed by atoms with E-state index in [0.29, 0.717) is 17.8 Å². The van der Waals surface area contributed by atoms with Gasteiger partial charge in [0.25, 0.3) is 0 Å². The lowest BCUT2D eigenvalue weighted by Gasteiger charge is -2.23. The van der Waals surface area contributed by atoms with E-state index in [4.69, 9.17) is 4.99 Å². The number of nitrogens with one attached hydrogen (secondary N) is 1. The van der Waals surface area contributed by atoms with Gasteiger partial charge in [0, 0.05) is 18.0 Å². The molecule has 1 aliphatic rings. The third-order valence-corrected chi connectivity index (χ3v) is 7.39. The number of anilines is 1. The van der Waals surface area contributed by atoms with Crippen molar-refractivity contribution in [3.63, 3.8) is 0 Å². The number of alkyl halides is 1. The second kappa shape index (κ2) is 16.2. The average molecular weight is 562 g/mol. The summed E-state index contributed by atoms with van der Waals surface area (Å²) in [6, 6.07) is 1.82. The van der Waals surface area contributed by atoms with Crippen molar-refractivity contribution >= 4 is 23.5 Å². The minimum absolute atomic E-state index is 0.213. The minimum atomic E-state index is -1.06. The Morgan fingerprint density at radius 2 is 1.93 bits per heavy atom. The van der Waals surface area contributed by atoms with Crippen LogP contribution in [0.5, 0.6) is 0 Å². The van der Waals surface area contributed by atoms with Crippen LogP contribution in [0.1, 0.15) is 85.3 Å². The molecule has 41 heavy (non-hydrogen) atoms. The van der Waals surface area contributed by atoms with Gasteiger partial charge >= 0.3 is 0 Å². The van der Waals surface area contributed by atoms with Gasteiger partial charge < -0.3 is 10.4 Å². The van der Waals surface area contributed by atoms with Gasteiger partial charge in [-0.15, -0.1) is 0 Å². The van der Waals surface area contributed by atoms with E-state index >= 15 is 0 Å². The number of pyridine rings is 1. The third-order valence-electron chi connectivity index (χ3n) is 7.39. The topological polar surface area (TPSA) is 74.6 Å². The smallest absolute Gasteiger partial charge is 0.231 e. The first-order valence-corrected chi connectivity index (χ1v) is 14.8. The van der Waals surface area contributed by atoms with Gasteiger partial charge in [-0.3, -0.25) is 9.79 Å². The van der Waals surface area contributed by atoms with Crippen molar-refractivity contribution in [2.75, 3.05) is 5.32 Å². The highest BCUT2D eigenvalue weighted by atomic mass is 19.1. The van der Waals surface area contributed by atoms with Gasteiger partial charge in [-0.25, -0.2) is 9.37 Å². The van der Waals surface area contributed by atoms with Crippen LogP contribution in [0.4, 0.5) is 10.2 Å². The molecule has 0 aliphatic heterocycles. The first kappa shape index (κ1) is 33.8. The zero-order valence-electron chi connectivity index (χ0n) is 26.1. The molecular weight excluding hydrogens is 513 g/mol. The molecule has 1 saturated carbocycles. The number of nitrogens with zero attached hydrogens (tertiary/aromatic N) is 2. The number of aliphatic hydroxyl groups is 1. The Balaban J connectivity index is 2.74. The predicted molar refractivity (Wildman–Crippen MR) is 172 cm³/mol. The number of carbonyl (C=O) groups excluding carboxylic acids is 1. The normalized spacial score (nSPS) is 20.3. The molecule has 0 spiro atoms. The van der Waals surface area contributed by atoms with Gasteiger partial charge in [-0.1, -0.05) is 58.6 Å². The average Bonchev–Trinajstić information content (AvgIpc) is 3.69. The molecule has 1 heterocycles. The second-order valence-corrected chi connectivity index (χ2v) is 10.7. The van der Waals surface area contributed by atoms with Gasteiger partial charge in [-0.05, 0) is 105 Å². The molecule has 222 valence electrons. The zero-order chi connectivity index (χ0) is 30.7. The molecular formula is C35H48FN3O2. The molecule has 1 aliphatic carbocycles. The Morgan fingerprint density at radius 3 is 2.44 bits per heavy atom. The molecule has 0 radical (unpaired) electrons. The van der Waals surface area contributed by atoms with Crippen LogP contribution < -0.4 is 5.32 Å². The summed E-state index contributed by atoms with van der Waals surface area (Å²) in [6.45, 7) is 20.5. The largest absolute Gasteiger partial charge is 0.388 e. The summed E-state index contributed by atoms with van der Waals surface area (Å²) in [5.74, 6) is -0.276. The van der Waals surface area contributed by atoms with Crippen LogP contribution in [0, 0.1) is 18.8 Å². The van der Waals surface area contributed by atoms with Gasteiger partial charge in [-0.2, -0.15) is 0 Å². The van der Waals surface area contributed by atoms with Crippen molar-refractivity contribution in [2.45, 2.75) is 93.3 Å². The van der Waals surface area contributed by atoms with Gasteiger partial charge in [0.2, 0.25) is 5.91 Å². The molecule has 0 saturated heterocycles. The number of aliphatic imine (C=N–C) groups is 1. The number of aromatic nitrogens is 1. The maximum Gasteiger partial charge on any atom is 0.231 e. The molecule has 0 bridgehead atoms. The highest BCUT2D eigenvalue weighted by Gasteiger charge is 2.43. The lowest BCUT2D eigenvalue weighted by Crippen LogP contribution is -2.17. The molecule has 2 N–H and O–H groups in total. The summed E-state index contributed by atoms with van der Waals surface area (Å²) in [7, 11) is 0. The Hall–Kier alpha value is -3.38. The molecule has 1 aromatic rings. The Bertz CT molecular complexity index is 1280. The summed E-state index contributed by atoms with van der Waals surface area (Å²) in [6.07, 6.45) is 14.8. The summed E-state index contributed by atoms with van der Waals surface area (Å²) in [5, 5.41) is 13.1. The van der Waals surface area contributed by atoms with Crippen LogP contribution in [-0.2, 0) is 4.79 Å². The number of hydrogen-bond acceptors (Lipinski definition) is 4. The number of amides is 1. The van der Waals surface area contributed by atoms with E-state index in [-0.39, 0.29) is 18.2 Å². The van der Waals surface area contributed by atoms with Crippen molar-refractivity contribution in [1.82, 2.24) is 4.98 Å². The van der Waals surface area contributed by atoms with Crippen LogP contribution in [0.2, 0.25) is 0 Å². The summed E-state index contributed by atoms with van der Waals surface area (Å²) in [5.41, 5.74) is 7.50. The van der Waals surface area contributed by atoms with Crippen LogP contribution in [0.3, 0.4) is 0 Å². The maximum absolute atomic E-state index is 13.4. The first-order chi connectivity index (χ1) is 19.5. The van der Waals surface area contributed by atoms with E-state index in [0.717, 1.165) is 52.0 Å². The van der Waals surface area contributed by atoms with E-state index in [1.54, 1.807) is 6.20 Å². The molecule has 4 unspecified atom stereocenters. The van der Waals surface area contributed by atoms with Crippen molar-refractivity contribution < 1.29 is 14.3 Å². The Labute approximate surface area is 246 Å². The molecule has 1 amide bonds. The van der Waals surface area contributed by atoms with Crippen LogP contribution in [0.25, 0.3) is 6.08 Å². The van der Waals surface area contributed by atoms with E-state index in [2.05, 4.69) is 55.9 Å². The van der Waals surface area contributed by atoms with Gasteiger partial charge in [0.1, 0.15) is 12.0 Å². The fraction of sp³-hybridized carbons (Fsp3) is 0.457. The summed E-state index contributed by atoms with van der Waals surface area (Å²) < 4.78 is 13.4. The van der Waals surface area contributed by atoms with Crippen LogP contribution >= 0.6 is 0 Å². The number of aliphatic hydroxyl groups excluding tert-OH is 1. The van der Waals surface area contributed by atoms with E-state index in [1.165, 1.54) is 0 Å². The van der Waals surface area contributed by atoms with Crippen LogP contribution in [-0.4, -0.2) is 34.0 Å². The molecule has 1 fully saturated rings. The van der Waals surface area contributed by atoms with Crippen molar-refractivity contribution in [2.24, 2.45) is 16.8 Å². The standard InChI is InChI=1S/C35H48FN3O2/c1-10-15-28(34(22(6)12-3)37-16-11-2)29(27(13-4)24(8)17-25(9)32(40)14-5)19-26-21-38-33(18-23(26)7)39-35(41)30-20-31(30)36/h11,13,15-19,21-22,30-32,40H,9-10,12,14,20H2,1-8H3,(H,38,39,41)/b16-11-,24-17-,27-13+,28-15-,29-19-,37-34-. The van der Waals surface area contributed by atoms with Crippen LogP contribution in [0.15, 0.2) is 82.2 Å². The minimum Gasteiger partial charge on any atom is -0.388 e. The van der Waals surface area contributed by atoms with Crippen molar-refractivity contribution in [3.8, 4) is 0 Å². The highest BCUT2D eigenvalue weighted by Crippen LogP contribution is 2.35. The van der Waals surface area contributed by atoms with Gasteiger partial charge in [0.15, 0.2) is 0 Å². The predicted octanol–water partition coefficient (Wildman–Crippen LogP) is 8.65. The zero-order valence-corrected chi connectivity index (χ0v) is 26.1. The fourth-order valence-corrected chi connectivity index (χ4v) is 4.57. The summed E-state index contributed by atoms with van der Waals surface area (Å²) in [4.78, 5) is 21.7. The molecule has 1 aromatic heterocycles. The van der Waals surface area contributed by atoms with Crippen molar-refractivity contribution in [1.29, 1.82) is 0 Å². The first-order valence-electron chi connectivity index (χ1n) is 14.8. The molecule has 2 rings (SSSR count). The SMILES string of the molecule is C=C(\C=C(C)/C(=C\C)C(=C/c1cnc(NC(=O)C2CC2F)cc1C)/C(=C/CC)C(=N\C=C/C)/C(C)CC)C(O)CC. The number of carbonyl (C=O) groups is 1. The number of rotatable bonds is 14. The monoisotopic (exact) mass is 561 g/mol. The lowest BCUT2D eigenvalue weighted by molar-refractivity contribution is -0.117. The number of halogens is 1. The molecule has 5 nitrogen and oxygen atoms in total. The third kappa shape index (κ3) is 9.32. The quantitative estimate of drug-likeness (QED) is 0.176. The van der Waals surface area contributed by atoms with Gasteiger partial charge in [0.05, 0.1) is 17.7 Å². The Kier molecular flexibility index (Phi) is 13.3. The number of aryl methyl sites for hydroxylation is 1. The van der Waals surface area contributed by atoms with E-state index in [1.807, 2.05) is 59.0 Å². The molecule has 4 atom stereocenters. The molecule has 0 aromatic carbocycles.